The molecule has 1 atom stereocenters. The highest BCUT2D eigenvalue weighted by Crippen LogP contribution is 2.38. The molecule has 31 heavy (non-hydrogen) atoms. The second kappa shape index (κ2) is 8.86. The number of anilines is 1. The van der Waals surface area contributed by atoms with Crippen LogP contribution in [-0.4, -0.2) is 41.4 Å². The minimum atomic E-state index is -0.425. The van der Waals surface area contributed by atoms with Gasteiger partial charge in [0.2, 0.25) is 11.9 Å². The molecule has 1 aromatic heterocycles. The molecule has 6 heteroatoms. The normalized spacial score (nSPS) is 16.4. The van der Waals surface area contributed by atoms with Gasteiger partial charge in [-0.2, -0.15) is 0 Å². The van der Waals surface area contributed by atoms with Crippen LogP contribution in [0.25, 0.3) is 11.1 Å². The van der Waals surface area contributed by atoms with Gasteiger partial charge in [0.1, 0.15) is 0 Å². The lowest BCUT2D eigenvalue weighted by molar-refractivity contribution is 0.100. The molecule has 160 valence electrons. The van der Waals surface area contributed by atoms with E-state index in [0.717, 1.165) is 42.8 Å². The topological polar surface area (TPSA) is 75.3 Å². The predicted octanol–water partition coefficient (Wildman–Crippen LogP) is 3.95. The molecule has 0 saturated carbocycles. The Morgan fingerprint density at radius 2 is 1.90 bits per heavy atom. The van der Waals surface area contributed by atoms with E-state index in [1.54, 1.807) is 12.1 Å². The van der Waals surface area contributed by atoms with Crippen molar-refractivity contribution >= 4 is 11.9 Å². The van der Waals surface area contributed by atoms with E-state index in [9.17, 15) is 4.79 Å². The van der Waals surface area contributed by atoms with Crippen LogP contribution in [0.3, 0.4) is 0 Å². The first-order valence-corrected chi connectivity index (χ1v) is 10.7. The summed E-state index contributed by atoms with van der Waals surface area (Å²) in [6, 6.07) is 16.2. The largest absolute Gasteiger partial charge is 0.366 e. The molecule has 2 aromatic carbocycles. The third-order valence-corrected chi connectivity index (χ3v) is 6.00. The maximum absolute atomic E-state index is 11.5. The predicted molar refractivity (Wildman–Crippen MR) is 124 cm³/mol. The number of amides is 1. The molecule has 1 fully saturated rings. The van der Waals surface area contributed by atoms with Crippen molar-refractivity contribution in [3.63, 3.8) is 0 Å². The van der Waals surface area contributed by atoms with Crippen molar-refractivity contribution in [3.05, 3.63) is 77.1 Å². The Kier molecular flexibility index (Phi) is 6.00. The number of aromatic nitrogens is 2. The van der Waals surface area contributed by atoms with Crippen LogP contribution >= 0.6 is 0 Å². The highest BCUT2D eigenvalue weighted by molar-refractivity contribution is 5.93. The smallest absolute Gasteiger partial charge is 0.248 e. The van der Waals surface area contributed by atoms with E-state index in [2.05, 4.69) is 41.1 Å². The number of likely N-dealkylation sites (tertiary alicyclic amines) is 1. The monoisotopic (exact) mass is 415 g/mol. The molecule has 0 spiro atoms. The first-order chi connectivity index (χ1) is 14.9. The number of aryl methyl sites for hydroxylation is 1. The second-order valence-corrected chi connectivity index (χ2v) is 8.36. The summed E-state index contributed by atoms with van der Waals surface area (Å²) >= 11 is 0. The fraction of sp³-hybridized carbons (Fsp3) is 0.320. The van der Waals surface area contributed by atoms with E-state index in [-0.39, 0.29) is 6.04 Å². The molecule has 1 aliphatic heterocycles. The average Bonchev–Trinajstić information content (AvgIpc) is 3.23. The summed E-state index contributed by atoms with van der Waals surface area (Å²) in [4.78, 5) is 25.5. The Bertz CT molecular complexity index is 1080. The Hall–Kier alpha value is -3.25. The van der Waals surface area contributed by atoms with E-state index < -0.39 is 5.91 Å². The van der Waals surface area contributed by atoms with Gasteiger partial charge in [0.05, 0.1) is 11.7 Å². The summed E-state index contributed by atoms with van der Waals surface area (Å²) < 4.78 is 0. The van der Waals surface area contributed by atoms with Crippen LogP contribution in [0, 0.1) is 6.92 Å². The molecule has 1 aliphatic rings. The number of rotatable bonds is 6. The third kappa shape index (κ3) is 4.44. The van der Waals surface area contributed by atoms with E-state index in [0.29, 0.717) is 11.5 Å². The van der Waals surface area contributed by atoms with Gasteiger partial charge in [-0.15, -0.1) is 0 Å². The molecule has 2 N–H and O–H groups in total. The molecule has 4 rings (SSSR count). The van der Waals surface area contributed by atoms with Gasteiger partial charge in [-0.3, -0.25) is 9.69 Å². The second-order valence-electron chi connectivity index (χ2n) is 8.36. The molecular weight excluding hydrogens is 386 g/mol. The molecule has 0 bridgehead atoms. The average molecular weight is 416 g/mol. The SMILES string of the molecule is Cc1ccccc1CN1CCCC1c1nc(N(C)C)ncc1-c1ccc(C(N)=O)cc1. The Balaban J connectivity index is 1.73. The highest BCUT2D eigenvalue weighted by Gasteiger charge is 2.30. The molecule has 1 amide bonds. The van der Waals surface area contributed by atoms with Crippen LogP contribution in [-0.2, 0) is 6.54 Å². The van der Waals surface area contributed by atoms with E-state index >= 15 is 0 Å². The lowest BCUT2D eigenvalue weighted by Gasteiger charge is -2.27. The van der Waals surface area contributed by atoms with Crippen LogP contribution in [0.15, 0.2) is 54.7 Å². The summed E-state index contributed by atoms with van der Waals surface area (Å²) in [6.07, 6.45) is 4.10. The van der Waals surface area contributed by atoms with Crippen LogP contribution < -0.4 is 10.6 Å². The summed E-state index contributed by atoms with van der Waals surface area (Å²) in [5.41, 5.74) is 11.6. The van der Waals surface area contributed by atoms with Crippen LogP contribution in [0.1, 0.15) is 46.1 Å². The van der Waals surface area contributed by atoms with Gasteiger partial charge >= 0.3 is 0 Å². The number of hydrogen-bond donors (Lipinski definition) is 1. The van der Waals surface area contributed by atoms with Crippen molar-refractivity contribution in [2.45, 2.75) is 32.4 Å². The minimum Gasteiger partial charge on any atom is -0.366 e. The van der Waals surface area contributed by atoms with Crippen LogP contribution in [0.5, 0.6) is 0 Å². The zero-order valence-electron chi connectivity index (χ0n) is 18.4. The number of benzene rings is 2. The standard InChI is InChI=1S/C25H29N5O/c1-17-7-4-5-8-20(17)16-30-14-6-9-22(30)23-21(15-27-25(28-23)29(2)3)18-10-12-19(13-11-18)24(26)31/h4-5,7-8,10-13,15,22H,6,9,14,16H2,1-3H3,(H2,26,31). The molecule has 0 aliphatic carbocycles. The van der Waals surface area contributed by atoms with E-state index in [1.807, 2.05) is 37.3 Å². The van der Waals surface area contributed by atoms with E-state index in [1.165, 1.54) is 11.1 Å². The van der Waals surface area contributed by atoms with Crippen LogP contribution in [0.4, 0.5) is 5.95 Å². The summed E-state index contributed by atoms with van der Waals surface area (Å²) in [7, 11) is 3.92. The van der Waals surface area contributed by atoms with Crippen molar-refractivity contribution in [3.8, 4) is 11.1 Å². The van der Waals surface area contributed by atoms with Gasteiger partial charge in [0.15, 0.2) is 0 Å². The molecular formula is C25H29N5O. The van der Waals surface area contributed by atoms with Crippen molar-refractivity contribution in [1.82, 2.24) is 14.9 Å². The number of hydrogen-bond acceptors (Lipinski definition) is 5. The number of primary amides is 1. The fourth-order valence-electron chi connectivity index (χ4n) is 4.22. The first kappa shape index (κ1) is 21.0. The zero-order chi connectivity index (χ0) is 22.0. The van der Waals surface area contributed by atoms with Gasteiger partial charge in [-0.1, -0.05) is 36.4 Å². The third-order valence-electron chi connectivity index (χ3n) is 6.00. The lowest BCUT2D eigenvalue weighted by atomic mass is 9.98. The molecule has 0 radical (unpaired) electrons. The lowest BCUT2D eigenvalue weighted by Crippen LogP contribution is -2.25. The van der Waals surface area contributed by atoms with Gasteiger partial charge < -0.3 is 10.6 Å². The van der Waals surface area contributed by atoms with Crippen LogP contribution in [0.2, 0.25) is 0 Å². The maximum Gasteiger partial charge on any atom is 0.248 e. The van der Waals surface area contributed by atoms with Gasteiger partial charge in [-0.05, 0) is 55.1 Å². The Morgan fingerprint density at radius 3 is 2.58 bits per heavy atom. The first-order valence-electron chi connectivity index (χ1n) is 10.7. The summed E-state index contributed by atoms with van der Waals surface area (Å²) in [6.45, 7) is 4.11. The Labute approximate surface area is 183 Å². The maximum atomic E-state index is 11.5. The summed E-state index contributed by atoms with van der Waals surface area (Å²) in [5, 5.41) is 0. The number of carbonyl (C=O) groups is 1. The van der Waals surface area contributed by atoms with Crippen molar-refractivity contribution < 1.29 is 4.79 Å². The minimum absolute atomic E-state index is 0.215. The highest BCUT2D eigenvalue weighted by atomic mass is 16.1. The van der Waals surface area contributed by atoms with E-state index in [4.69, 9.17) is 10.7 Å². The number of nitrogens with two attached hydrogens (primary N) is 1. The molecule has 6 nitrogen and oxygen atoms in total. The van der Waals surface area contributed by atoms with Crippen molar-refractivity contribution in [2.75, 3.05) is 25.5 Å². The zero-order valence-corrected chi connectivity index (χ0v) is 18.4. The van der Waals surface area contributed by atoms with Crippen molar-refractivity contribution in [2.24, 2.45) is 5.73 Å². The molecule has 1 saturated heterocycles. The number of carbonyl (C=O) groups excluding carboxylic acids is 1. The quantitative estimate of drug-likeness (QED) is 0.660. The van der Waals surface area contributed by atoms with Gasteiger partial charge in [-0.25, -0.2) is 9.97 Å². The molecule has 2 heterocycles. The van der Waals surface area contributed by atoms with Gasteiger partial charge in [0, 0.05) is 38.0 Å². The molecule has 3 aromatic rings. The number of nitrogens with zero attached hydrogens (tertiary/aromatic N) is 4. The van der Waals surface area contributed by atoms with Crippen molar-refractivity contribution in [1.29, 1.82) is 0 Å². The fourth-order valence-corrected chi connectivity index (χ4v) is 4.22. The molecule has 1 unspecified atom stereocenters. The summed E-state index contributed by atoms with van der Waals surface area (Å²) in [5.74, 6) is 0.279. The Morgan fingerprint density at radius 1 is 1.16 bits per heavy atom. The van der Waals surface area contributed by atoms with Gasteiger partial charge in [0.25, 0.3) is 0 Å².